The van der Waals surface area contributed by atoms with Crippen molar-refractivity contribution in [2.45, 2.75) is 44.8 Å². The highest BCUT2D eigenvalue weighted by molar-refractivity contribution is 5.38. The Morgan fingerprint density at radius 3 is 2.84 bits per heavy atom. The van der Waals surface area contributed by atoms with Crippen LogP contribution >= 0.6 is 0 Å². The molecule has 19 heavy (non-hydrogen) atoms. The molecule has 0 aliphatic carbocycles. The molecule has 3 atom stereocenters. The van der Waals surface area contributed by atoms with Gasteiger partial charge in [-0.1, -0.05) is 31.5 Å². The van der Waals surface area contributed by atoms with Gasteiger partial charge in [-0.05, 0) is 38.3 Å². The molecular weight excluding hydrogens is 238 g/mol. The van der Waals surface area contributed by atoms with E-state index >= 15 is 0 Å². The Balaban J connectivity index is 2.25. The summed E-state index contributed by atoms with van der Waals surface area (Å²) in [5, 5.41) is 14.5. The summed E-state index contributed by atoms with van der Waals surface area (Å²) in [5.41, 5.74) is -0.0350. The van der Waals surface area contributed by atoms with Crippen molar-refractivity contribution >= 4 is 0 Å². The topological polar surface area (TPSA) is 41.5 Å². The van der Waals surface area contributed by atoms with Gasteiger partial charge in [-0.2, -0.15) is 0 Å². The number of ether oxygens (including phenoxy) is 1. The van der Waals surface area contributed by atoms with Crippen LogP contribution in [0.2, 0.25) is 0 Å². The second kappa shape index (κ2) is 5.93. The lowest BCUT2D eigenvalue weighted by Gasteiger charge is -2.40. The van der Waals surface area contributed by atoms with Crippen LogP contribution in [0.5, 0.6) is 5.75 Å². The van der Waals surface area contributed by atoms with Crippen LogP contribution in [0.4, 0.5) is 0 Å². The van der Waals surface area contributed by atoms with E-state index < -0.39 is 5.60 Å². The Kier molecular flexibility index (Phi) is 4.48. The lowest BCUT2D eigenvalue weighted by molar-refractivity contribution is -0.00486. The van der Waals surface area contributed by atoms with E-state index in [1.165, 1.54) is 12.8 Å². The Labute approximate surface area is 116 Å². The summed E-state index contributed by atoms with van der Waals surface area (Å²) in [6.07, 6.45) is 3.40. The zero-order valence-corrected chi connectivity index (χ0v) is 12.1. The summed E-state index contributed by atoms with van der Waals surface area (Å²) in [7, 11) is 1.65. The normalized spacial score (nSPS) is 26.7. The van der Waals surface area contributed by atoms with Gasteiger partial charge < -0.3 is 15.2 Å². The fraction of sp³-hybridized carbons (Fsp3) is 0.625. The van der Waals surface area contributed by atoms with Gasteiger partial charge in [0, 0.05) is 11.6 Å². The number of hydrogen-bond donors (Lipinski definition) is 2. The van der Waals surface area contributed by atoms with E-state index in [1.54, 1.807) is 7.11 Å². The number of benzene rings is 1. The second-order valence-electron chi connectivity index (χ2n) is 5.65. The number of aliphatic hydroxyl groups is 1. The molecule has 2 rings (SSSR count). The maximum Gasteiger partial charge on any atom is 0.124 e. The smallest absolute Gasteiger partial charge is 0.124 e. The molecule has 0 spiro atoms. The summed E-state index contributed by atoms with van der Waals surface area (Å²) in [6.45, 7) is 5.10. The van der Waals surface area contributed by atoms with Gasteiger partial charge >= 0.3 is 0 Å². The SMILES string of the molecule is CCC1CCNC(C(C)(O)c2ccccc2OC)C1. The van der Waals surface area contributed by atoms with E-state index in [4.69, 9.17) is 4.74 Å². The predicted octanol–water partition coefficient (Wildman–Crippen LogP) is 2.68. The Hall–Kier alpha value is -1.06. The first-order chi connectivity index (χ1) is 9.09. The van der Waals surface area contributed by atoms with Crippen LogP contribution in [0.1, 0.15) is 38.7 Å². The highest BCUT2D eigenvalue weighted by atomic mass is 16.5. The van der Waals surface area contributed by atoms with Crippen molar-refractivity contribution in [3.05, 3.63) is 29.8 Å². The molecule has 1 saturated heterocycles. The van der Waals surface area contributed by atoms with E-state index in [9.17, 15) is 5.11 Å². The zero-order valence-electron chi connectivity index (χ0n) is 12.1. The highest BCUT2D eigenvalue weighted by Crippen LogP contribution is 2.36. The van der Waals surface area contributed by atoms with Crippen molar-refractivity contribution in [1.29, 1.82) is 0 Å². The zero-order chi connectivity index (χ0) is 13.9. The Morgan fingerprint density at radius 1 is 1.42 bits per heavy atom. The first kappa shape index (κ1) is 14.4. The maximum atomic E-state index is 11.0. The van der Waals surface area contributed by atoms with Crippen molar-refractivity contribution in [3.8, 4) is 5.75 Å². The van der Waals surface area contributed by atoms with E-state index in [-0.39, 0.29) is 6.04 Å². The number of methoxy groups -OCH3 is 1. The van der Waals surface area contributed by atoms with Crippen molar-refractivity contribution in [1.82, 2.24) is 5.32 Å². The van der Waals surface area contributed by atoms with Gasteiger partial charge in [0.05, 0.1) is 7.11 Å². The van der Waals surface area contributed by atoms with Crippen molar-refractivity contribution in [2.24, 2.45) is 5.92 Å². The minimum Gasteiger partial charge on any atom is -0.496 e. The summed E-state index contributed by atoms with van der Waals surface area (Å²) in [4.78, 5) is 0. The van der Waals surface area contributed by atoms with Crippen LogP contribution < -0.4 is 10.1 Å². The summed E-state index contributed by atoms with van der Waals surface area (Å²) in [6, 6.07) is 7.83. The third-order valence-corrected chi connectivity index (χ3v) is 4.42. The minimum absolute atomic E-state index is 0.0856. The van der Waals surface area contributed by atoms with Crippen LogP contribution in [0.25, 0.3) is 0 Å². The van der Waals surface area contributed by atoms with Gasteiger partial charge in [-0.25, -0.2) is 0 Å². The fourth-order valence-corrected chi connectivity index (χ4v) is 3.05. The molecule has 3 nitrogen and oxygen atoms in total. The first-order valence-electron chi connectivity index (χ1n) is 7.18. The summed E-state index contributed by atoms with van der Waals surface area (Å²) < 4.78 is 5.39. The fourth-order valence-electron chi connectivity index (χ4n) is 3.05. The molecule has 1 heterocycles. The molecule has 2 N–H and O–H groups in total. The molecule has 0 aromatic heterocycles. The van der Waals surface area contributed by atoms with E-state index in [0.29, 0.717) is 5.92 Å². The monoisotopic (exact) mass is 263 g/mol. The third kappa shape index (κ3) is 2.93. The van der Waals surface area contributed by atoms with Crippen molar-refractivity contribution in [2.75, 3.05) is 13.7 Å². The lowest BCUT2D eigenvalue weighted by Crippen LogP contribution is -2.51. The summed E-state index contributed by atoms with van der Waals surface area (Å²) >= 11 is 0. The predicted molar refractivity (Wildman–Crippen MR) is 77.4 cm³/mol. The van der Waals surface area contributed by atoms with E-state index in [2.05, 4.69) is 12.2 Å². The molecule has 0 saturated carbocycles. The molecule has 0 amide bonds. The quantitative estimate of drug-likeness (QED) is 0.877. The molecule has 0 bridgehead atoms. The van der Waals surface area contributed by atoms with Crippen LogP contribution in [0, 0.1) is 5.92 Å². The minimum atomic E-state index is -0.902. The van der Waals surface area contributed by atoms with Gasteiger partial charge in [-0.3, -0.25) is 0 Å². The van der Waals surface area contributed by atoms with Crippen molar-refractivity contribution in [3.63, 3.8) is 0 Å². The molecule has 3 unspecified atom stereocenters. The average Bonchev–Trinajstić information content (AvgIpc) is 2.47. The number of hydrogen-bond acceptors (Lipinski definition) is 3. The molecule has 3 heteroatoms. The third-order valence-electron chi connectivity index (χ3n) is 4.42. The van der Waals surface area contributed by atoms with Crippen molar-refractivity contribution < 1.29 is 9.84 Å². The highest BCUT2D eigenvalue weighted by Gasteiger charge is 2.38. The number of piperidine rings is 1. The molecule has 106 valence electrons. The van der Waals surface area contributed by atoms with Crippen LogP contribution in [-0.2, 0) is 5.60 Å². The van der Waals surface area contributed by atoms with Gasteiger partial charge in [0.2, 0.25) is 0 Å². The van der Waals surface area contributed by atoms with Gasteiger partial charge in [0.1, 0.15) is 11.4 Å². The average molecular weight is 263 g/mol. The Morgan fingerprint density at radius 2 is 2.16 bits per heavy atom. The maximum absolute atomic E-state index is 11.0. The number of rotatable bonds is 4. The molecular formula is C16H25NO2. The molecule has 1 aliphatic rings. The van der Waals surface area contributed by atoms with Gasteiger partial charge in [0.25, 0.3) is 0 Å². The lowest BCUT2D eigenvalue weighted by atomic mass is 9.79. The molecule has 0 radical (unpaired) electrons. The van der Waals surface area contributed by atoms with Crippen LogP contribution in [0.3, 0.4) is 0 Å². The van der Waals surface area contributed by atoms with E-state index in [1.807, 2.05) is 31.2 Å². The number of para-hydroxylation sites is 1. The molecule has 1 aliphatic heterocycles. The molecule has 1 aromatic carbocycles. The second-order valence-corrected chi connectivity index (χ2v) is 5.65. The van der Waals surface area contributed by atoms with Crippen LogP contribution in [0.15, 0.2) is 24.3 Å². The van der Waals surface area contributed by atoms with E-state index in [0.717, 1.165) is 24.3 Å². The standard InChI is InChI=1S/C16H25NO2/c1-4-12-9-10-17-15(11-12)16(2,18)13-7-5-6-8-14(13)19-3/h5-8,12,15,17-18H,4,9-11H2,1-3H3. The number of nitrogens with one attached hydrogen (secondary N) is 1. The van der Waals surface area contributed by atoms with Crippen LogP contribution in [-0.4, -0.2) is 24.8 Å². The van der Waals surface area contributed by atoms with Gasteiger partial charge in [0.15, 0.2) is 0 Å². The molecule has 1 fully saturated rings. The Bertz CT molecular complexity index is 417. The molecule has 1 aromatic rings. The summed E-state index contributed by atoms with van der Waals surface area (Å²) in [5.74, 6) is 1.46. The largest absolute Gasteiger partial charge is 0.496 e. The van der Waals surface area contributed by atoms with Gasteiger partial charge in [-0.15, -0.1) is 0 Å². The first-order valence-corrected chi connectivity index (χ1v) is 7.18.